The fourth-order valence-electron chi connectivity index (χ4n) is 4.73. The van der Waals surface area contributed by atoms with Gasteiger partial charge >= 0.3 is 5.69 Å². The highest BCUT2D eigenvalue weighted by molar-refractivity contribution is 5.78. The molecule has 1 N–H and O–H groups in total. The summed E-state index contributed by atoms with van der Waals surface area (Å²) in [4.78, 5) is 37.8. The van der Waals surface area contributed by atoms with Crippen molar-refractivity contribution in [1.29, 1.82) is 0 Å². The van der Waals surface area contributed by atoms with Crippen molar-refractivity contribution < 1.29 is 19.2 Å². The maximum atomic E-state index is 11.9. The van der Waals surface area contributed by atoms with Gasteiger partial charge in [0.05, 0.1) is 4.92 Å². The van der Waals surface area contributed by atoms with Crippen LogP contribution >= 0.6 is 0 Å². The molecule has 5 rings (SSSR count). The van der Waals surface area contributed by atoms with Gasteiger partial charge < -0.3 is 24.6 Å². The fourth-order valence-corrected chi connectivity index (χ4v) is 4.73. The molecule has 1 amide bonds. The molecule has 12 heteroatoms. The van der Waals surface area contributed by atoms with Gasteiger partial charge in [0.25, 0.3) is 0 Å². The molecule has 2 fully saturated rings. The van der Waals surface area contributed by atoms with Crippen LogP contribution in [0.3, 0.4) is 0 Å². The summed E-state index contributed by atoms with van der Waals surface area (Å²) in [6.07, 6.45) is 3.57. The monoisotopic (exact) mass is 483 g/mol. The summed E-state index contributed by atoms with van der Waals surface area (Å²) in [7, 11) is 0. The van der Waals surface area contributed by atoms with Crippen LogP contribution in [0, 0.1) is 10.1 Å². The Morgan fingerprint density at radius 2 is 1.91 bits per heavy atom. The maximum absolute atomic E-state index is 11.9. The summed E-state index contributed by atoms with van der Waals surface area (Å²) in [5, 5.41) is 15.0. The Balaban J connectivity index is 1.18. The molecule has 35 heavy (non-hydrogen) atoms. The average molecular weight is 484 g/mol. The number of amides is 1. The second kappa shape index (κ2) is 10.3. The molecular formula is C23H29N7O5. The van der Waals surface area contributed by atoms with Crippen LogP contribution in [0.5, 0.6) is 11.5 Å². The number of nitrogens with one attached hydrogen (secondary N) is 1. The van der Waals surface area contributed by atoms with Crippen LogP contribution in [0.4, 0.5) is 17.3 Å². The first-order valence-electron chi connectivity index (χ1n) is 12.0. The molecule has 4 heterocycles. The molecule has 0 atom stereocenters. The van der Waals surface area contributed by atoms with E-state index < -0.39 is 4.92 Å². The Morgan fingerprint density at radius 3 is 2.69 bits per heavy atom. The number of aromatic nitrogens is 2. The van der Waals surface area contributed by atoms with Gasteiger partial charge in [0.1, 0.15) is 6.33 Å². The number of carbonyl (C=O) groups excluding carboxylic acids is 1. The van der Waals surface area contributed by atoms with E-state index in [9.17, 15) is 14.9 Å². The van der Waals surface area contributed by atoms with E-state index in [2.05, 4.69) is 20.2 Å². The number of ether oxygens (including phenoxy) is 2. The predicted octanol–water partition coefficient (Wildman–Crippen LogP) is 1.86. The lowest BCUT2D eigenvalue weighted by atomic mass is 10.1. The van der Waals surface area contributed by atoms with Crippen molar-refractivity contribution in [2.75, 3.05) is 62.8 Å². The molecular weight excluding hydrogens is 454 g/mol. The van der Waals surface area contributed by atoms with Crippen molar-refractivity contribution in [2.24, 2.45) is 0 Å². The van der Waals surface area contributed by atoms with E-state index in [1.807, 2.05) is 28.0 Å². The van der Waals surface area contributed by atoms with Crippen molar-refractivity contribution in [2.45, 2.75) is 25.8 Å². The Morgan fingerprint density at radius 1 is 1.09 bits per heavy atom. The van der Waals surface area contributed by atoms with E-state index in [0.717, 1.165) is 49.7 Å². The third-order valence-corrected chi connectivity index (χ3v) is 6.57. The number of fused-ring (bicyclic) bond motifs is 1. The predicted molar refractivity (Wildman–Crippen MR) is 128 cm³/mol. The molecule has 12 nitrogen and oxygen atoms in total. The zero-order valence-corrected chi connectivity index (χ0v) is 19.5. The van der Waals surface area contributed by atoms with E-state index in [1.165, 1.54) is 6.33 Å². The van der Waals surface area contributed by atoms with Gasteiger partial charge in [-0.1, -0.05) is 6.07 Å². The molecule has 3 aliphatic rings. The minimum absolute atomic E-state index is 0.103. The Hall–Kier alpha value is -3.67. The van der Waals surface area contributed by atoms with Crippen molar-refractivity contribution in [1.82, 2.24) is 19.8 Å². The second-order valence-corrected chi connectivity index (χ2v) is 8.87. The first-order chi connectivity index (χ1) is 17.1. The molecule has 0 radical (unpaired) electrons. The molecule has 3 aliphatic heterocycles. The molecule has 0 bridgehead atoms. The normalized spacial score (nSPS) is 17.8. The van der Waals surface area contributed by atoms with Crippen molar-refractivity contribution in [3.8, 4) is 11.5 Å². The Bertz CT molecular complexity index is 1090. The molecule has 186 valence electrons. The van der Waals surface area contributed by atoms with E-state index in [0.29, 0.717) is 44.8 Å². The molecule has 0 spiro atoms. The van der Waals surface area contributed by atoms with Gasteiger partial charge in [-0.05, 0) is 30.5 Å². The molecule has 0 aliphatic carbocycles. The highest BCUT2D eigenvalue weighted by Gasteiger charge is 2.29. The second-order valence-electron chi connectivity index (χ2n) is 8.87. The summed E-state index contributed by atoms with van der Waals surface area (Å²) in [6.45, 7) is 5.69. The van der Waals surface area contributed by atoms with Gasteiger partial charge in [-0.15, -0.1) is 0 Å². The Labute approximate surface area is 203 Å². The van der Waals surface area contributed by atoms with E-state index in [1.54, 1.807) is 0 Å². The Kier molecular flexibility index (Phi) is 6.80. The number of carbonyl (C=O) groups is 1. The number of hydrogen-bond donors (Lipinski definition) is 1. The summed E-state index contributed by atoms with van der Waals surface area (Å²) < 4.78 is 10.8. The van der Waals surface area contributed by atoms with E-state index in [4.69, 9.17) is 9.47 Å². The number of benzene rings is 1. The minimum atomic E-state index is -0.416. The zero-order valence-electron chi connectivity index (χ0n) is 19.5. The fraction of sp³-hybridized carbons (Fsp3) is 0.522. The van der Waals surface area contributed by atoms with Gasteiger partial charge in [-0.3, -0.25) is 19.8 Å². The number of rotatable bonds is 9. The highest BCUT2D eigenvalue weighted by atomic mass is 16.7. The number of likely N-dealkylation sites (tertiary alicyclic amines) is 1. The number of nitro groups is 1. The first-order valence-corrected chi connectivity index (χ1v) is 12.0. The molecule has 1 aromatic heterocycles. The lowest BCUT2D eigenvalue weighted by molar-refractivity contribution is -0.383. The van der Waals surface area contributed by atoms with Crippen LogP contribution in [0.1, 0.15) is 24.8 Å². The standard InChI is InChI=1S/C23H29N7O5/c31-20-3-1-7-28(20)8-2-6-24-22-21(30(32)33)23(26-15-25-22)29-11-9-27(10-12-29)14-17-4-5-18-19(13-17)35-16-34-18/h4-5,13,15H,1-3,6-12,14,16H2,(H,24,25,26). The van der Waals surface area contributed by atoms with Gasteiger partial charge in [0.2, 0.25) is 24.3 Å². The number of nitrogens with zero attached hydrogens (tertiary/aromatic N) is 6. The minimum Gasteiger partial charge on any atom is -0.454 e. The molecule has 2 aromatic rings. The molecule has 0 unspecified atom stereocenters. The third kappa shape index (κ3) is 5.21. The quantitative estimate of drug-likeness (QED) is 0.321. The first kappa shape index (κ1) is 23.1. The topological polar surface area (TPSA) is 126 Å². The summed E-state index contributed by atoms with van der Waals surface area (Å²) in [5.74, 6) is 2.27. The van der Waals surface area contributed by atoms with Crippen LogP contribution in [-0.4, -0.2) is 83.2 Å². The third-order valence-electron chi connectivity index (χ3n) is 6.57. The van der Waals surface area contributed by atoms with Crippen LogP contribution in [-0.2, 0) is 11.3 Å². The molecule has 1 aromatic carbocycles. The van der Waals surface area contributed by atoms with Crippen molar-refractivity contribution in [3.05, 3.63) is 40.2 Å². The molecule has 2 saturated heterocycles. The average Bonchev–Trinajstić information content (AvgIpc) is 3.50. The van der Waals surface area contributed by atoms with Crippen LogP contribution in [0.2, 0.25) is 0 Å². The van der Waals surface area contributed by atoms with E-state index in [-0.39, 0.29) is 24.2 Å². The zero-order chi connectivity index (χ0) is 24.2. The summed E-state index contributed by atoms with van der Waals surface area (Å²) in [6, 6.07) is 5.96. The number of hydrogen-bond acceptors (Lipinski definition) is 10. The molecule has 0 saturated carbocycles. The van der Waals surface area contributed by atoms with Crippen molar-refractivity contribution >= 4 is 23.2 Å². The van der Waals surface area contributed by atoms with Crippen LogP contribution in [0.25, 0.3) is 0 Å². The maximum Gasteiger partial charge on any atom is 0.353 e. The number of anilines is 2. The SMILES string of the molecule is O=C1CCCN1CCCNc1ncnc(N2CCN(Cc3ccc4c(c3)OCO4)CC2)c1[N+](=O)[O-]. The van der Waals surface area contributed by atoms with Gasteiger partial charge in [0, 0.05) is 58.8 Å². The largest absolute Gasteiger partial charge is 0.454 e. The van der Waals surface area contributed by atoms with E-state index >= 15 is 0 Å². The van der Waals surface area contributed by atoms with Gasteiger partial charge in [-0.25, -0.2) is 9.97 Å². The van der Waals surface area contributed by atoms with Crippen LogP contribution in [0.15, 0.2) is 24.5 Å². The number of piperazine rings is 1. The lowest BCUT2D eigenvalue weighted by Crippen LogP contribution is -2.46. The lowest BCUT2D eigenvalue weighted by Gasteiger charge is -2.35. The summed E-state index contributed by atoms with van der Waals surface area (Å²) >= 11 is 0. The summed E-state index contributed by atoms with van der Waals surface area (Å²) in [5.41, 5.74) is 1.03. The van der Waals surface area contributed by atoms with Gasteiger partial charge in [-0.2, -0.15) is 0 Å². The highest BCUT2D eigenvalue weighted by Crippen LogP contribution is 2.34. The van der Waals surface area contributed by atoms with Crippen LogP contribution < -0.4 is 19.7 Å². The smallest absolute Gasteiger partial charge is 0.353 e. The van der Waals surface area contributed by atoms with Gasteiger partial charge in [0.15, 0.2) is 11.5 Å². The van der Waals surface area contributed by atoms with Crippen molar-refractivity contribution in [3.63, 3.8) is 0 Å².